The minimum absolute atomic E-state index is 0.0889. The number of nitrogens with two attached hydrogens (primary N) is 1. The summed E-state index contributed by atoms with van der Waals surface area (Å²) in [6.45, 7) is 1.69. The molecule has 1 heterocycles. The molecule has 3 heteroatoms. The molecule has 100 valence electrons. The highest BCUT2D eigenvalue weighted by Crippen LogP contribution is 2.34. The highest BCUT2D eigenvalue weighted by atomic mass is 32.1. The van der Waals surface area contributed by atoms with Gasteiger partial charge in [0.05, 0.1) is 0 Å². The van der Waals surface area contributed by atoms with Crippen molar-refractivity contribution in [2.45, 2.75) is 24.9 Å². The van der Waals surface area contributed by atoms with Gasteiger partial charge in [-0.1, -0.05) is 24.3 Å². The molecule has 1 aliphatic carbocycles. The van der Waals surface area contributed by atoms with E-state index < -0.39 is 0 Å². The summed E-state index contributed by atoms with van der Waals surface area (Å²) in [5.74, 6) is 0. The lowest BCUT2D eigenvalue weighted by Crippen LogP contribution is -2.52. The van der Waals surface area contributed by atoms with Crippen LogP contribution in [0.25, 0.3) is 0 Å². The van der Waals surface area contributed by atoms with Gasteiger partial charge < -0.3 is 5.73 Å². The van der Waals surface area contributed by atoms with Gasteiger partial charge in [-0.3, -0.25) is 4.90 Å². The van der Waals surface area contributed by atoms with Crippen molar-refractivity contribution in [1.29, 1.82) is 0 Å². The molecular weight excluding hydrogens is 252 g/mol. The molecule has 0 fully saturated rings. The van der Waals surface area contributed by atoms with Gasteiger partial charge in [0.1, 0.15) is 0 Å². The summed E-state index contributed by atoms with van der Waals surface area (Å²) in [5, 5.41) is 4.37. The van der Waals surface area contributed by atoms with E-state index in [1.807, 2.05) is 0 Å². The van der Waals surface area contributed by atoms with E-state index in [1.165, 1.54) is 16.7 Å². The molecule has 2 N–H and O–H groups in total. The number of hydrogen-bond donors (Lipinski definition) is 1. The molecule has 0 spiro atoms. The zero-order valence-electron chi connectivity index (χ0n) is 11.3. The number of fused-ring (bicyclic) bond motifs is 1. The summed E-state index contributed by atoms with van der Waals surface area (Å²) in [6.07, 6.45) is 2.14. The van der Waals surface area contributed by atoms with E-state index in [0.717, 1.165) is 19.4 Å². The number of benzene rings is 1. The summed E-state index contributed by atoms with van der Waals surface area (Å²) >= 11 is 1.76. The third kappa shape index (κ3) is 2.34. The molecule has 0 unspecified atom stereocenters. The zero-order valence-corrected chi connectivity index (χ0v) is 12.1. The third-order valence-corrected chi connectivity index (χ3v) is 5.08. The van der Waals surface area contributed by atoms with E-state index >= 15 is 0 Å². The molecular formula is C16H20N2S. The maximum atomic E-state index is 6.14. The van der Waals surface area contributed by atoms with E-state index in [9.17, 15) is 0 Å². The standard InChI is InChI=1S/C16H20N2S/c1-18(10-13-6-7-19-11-13)16(12-17)8-14-4-2-3-5-15(14)9-16/h2-7,11H,8-10,12,17H2,1H3. The van der Waals surface area contributed by atoms with Crippen molar-refractivity contribution in [2.24, 2.45) is 5.73 Å². The summed E-state index contributed by atoms with van der Waals surface area (Å²) < 4.78 is 0. The molecule has 0 amide bonds. The number of hydrogen-bond acceptors (Lipinski definition) is 3. The fraction of sp³-hybridized carbons (Fsp3) is 0.375. The lowest BCUT2D eigenvalue weighted by Gasteiger charge is -2.38. The minimum Gasteiger partial charge on any atom is -0.329 e. The second-order valence-corrected chi connectivity index (χ2v) is 6.32. The van der Waals surface area contributed by atoms with Crippen LogP contribution in [0.5, 0.6) is 0 Å². The van der Waals surface area contributed by atoms with Gasteiger partial charge in [-0.25, -0.2) is 0 Å². The van der Waals surface area contributed by atoms with Crippen molar-refractivity contribution in [3.8, 4) is 0 Å². The molecule has 0 saturated carbocycles. The van der Waals surface area contributed by atoms with Gasteiger partial charge in [0, 0.05) is 18.6 Å². The van der Waals surface area contributed by atoms with Crippen molar-refractivity contribution in [3.05, 3.63) is 57.8 Å². The Morgan fingerprint density at radius 3 is 2.42 bits per heavy atom. The van der Waals surface area contributed by atoms with Gasteiger partial charge >= 0.3 is 0 Å². The van der Waals surface area contributed by atoms with E-state index in [0.29, 0.717) is 6.54 Å². The first-order valence-electron chi connectivity index (χ1n) is 6.73. The first kappa shape index (κ1) is 12.9. The average molecular weight is 272 g/mol. The van der Waals surface area contributed by atoms with Crippen LogP contribution in [0.4, 0.5) is 0 Å². The van der Waals surface area contributed by atoms with Crippen LogP contribution in [0.3, 0.4) is 0 Å². The summed E-state index contributed by atoms with van der Waals surface area (Å²) in [4.78, 5) is 2.44. The number of rotatable bonds is 4. The topological polar surface area (TPSA) is 29.3 Å². The highest BCUT2D eigenvalue weighted by Gasteiger charge is 2.39. The van der Waals surface area contributed by atoms with E-state index in [2.05, 4.69) is 53.0 Å². The fourth-order valence-corrected chi connectivity index (χ4v) is 3.73. The van der Waals surface area contributed by atoms with Crippen LogP contribution < -0.4 is 5.73 Å². The van der Waals surface area contributed by atoms with Gasteiger partial charge in [-0.2, -0.15) is 11.3 Å². The molecule has 0 atom stereocenters. The molecule has 1 aliphatic rings. The Bertz CT molecular complexity index is 523. The molecule has 0 bridgehead atoms. The normalized spacial score (nSPS) is 16.8. The Labute approximate surface area is 118 Å². The third-order valence-electron chi connectivity index (χ3n) is 4.35. The Balaban J connectivity index is 1.82. The van der Waals surface area contributed by atoms with Crippen LogP contribution >= 0.6 is 11.3 Å². The molecule has 0 radical (unpaired) electrons. The Kier molecular flexibility index (Phi) is 3.44. The predicted molar refractivity (Wildman–Crippen MR) is 81.4 cm³/mol. The van der Waals surface area contributed by atoms with Crippen molar-refractivity contribution in [3.63, 3.8) is 0 Å². The van der Waals surface area contributed by atoms with Crippen molar-refractivity contribution >= 4 is 11.3 Å². The smallest absolute Gasteiger partial charge is 0.0412 e. The summed E-state index contributed by atoms with van der Waals surface area (Å²) in [5.41, 5.74) is 10.5. The van der Waals surface area contributed by atoms with Gasteiger partial charge in [0.25, 0.3) is 0 Å². The molecule has 3 rings (SSSR count). The molecule has 0 saturated heterocycles. The maximum absolute atomic E-state index is 6.14. The SMILES string of the molecule is CN(Cc1ccsc1)C1(CN)Cc2ccccc2C1. The Hall–Kier alpha value is -1.16. The van der Waals surface area contributed by atoms with Crippen LogP contribution in [-0.4, -0.2) is 24.0 Å². The summed E-state index contributed by atoms with van der Waals surface area (Å²) in [6, 6.07) is 10.9. The quantitative estimate of drug-likeness (QED) is 0.927. The van der Waals surface area contributed by atoms with Crippen molar-refractivity contribution < 1.29 is 0 Å². The van der Waals surface area contributed by atoms with Crippen LogP contribution in [0.2, 0.25) is 0 Å². The van der Waals surface area contributed by atoms with Crippen molar-refractivity contribution in [2.75, 3.05) is 13.6 Å². The monoisotopic (exact) mass is 272 g/mol. The van der Waals surface area contributed by atoms with E-state index in [1.54, 1.807) is 11.3 Å². The lowest BCUT2D eigenvalue weighted by atomic mass is 9.93. The van der Waals surface area contributed by atoms with Gasteiger partial charge in [0.2, 0.25) is 0 Å². The zero-order chi connectivity index (χ0) is 13.3. The molecule has 2 nitrogen and oxygen atoms in total. The first-order valence-corrected chi connectivity index (χ1v) is 7.67. The number of nitrogens with zero attached hydrogens (tertiary/aromatic N) is 1. The van der Waals surface area contributed by atoms with Crippen LogP contribution in [0, 0.1) is 0 Å². The van der Waals surface area contributed by atoms with Gasteiger partial charge in [-0.05, 0) is 53.4 Å². The van der Waals surface area contributed by atoms with Gasteiger partial charge in [-0.15, -0.1) is 0 Å². The van der Waals surface area contributed by atoms with Crippen molar-refractivity contribution in [1.82, 2.24) is 4.90 Å². The highest BCUT2D eigenvalue weighted by molar-refractivity contribution is 7.07. The van der Waals surface area contributed by atoms with E-state index in [-0.39, 0.29) is 5.54 Å². The molecule has 1 aromatic heterocycles. The summed E-state index contributed by atoms with van der Waals surface area (Å²) in [7, 11) is 2.20. The largest absolute Gasteiger partial charge is 0.329 e. The predicted octanol–water partition coefficient (Wildman–Crippen LogP) is 2.68. The molecule has 1 aromatic carbocycles. The number of thiophene rings is 1. The lowest BCUT2D eigenvalue weighted by molar-refractivity contribution is 0.128. The maximum Gasteiger partial charge on any atom is 0.0412 e. The fourth-order valence-electron chi connectivity index (χ4n) is 3.07. The number of likely N-dealkylation sites (N-methyl/N-ethyl adjacent to an activating group) is 1. The molecule has 0 aliphatic heterocycles. The molecule has 19 heavy (non-hydrogen) atoms. The molecule has 2 aromatic rings. The second kappa shape index (κ2) is 5.08. The minimum atomic E-state index is 0.0889. The van der Waals surface area contributed by atoms with Crippen LogP contribution in [0.15, 0.2) is 41.1 Å². The van der Waals surface area contributed by atoms with Crippen LogP contribution in [0.1, 0.15) is 16.7 Å². The second-order valence-electron chi connectivity index (χ2n) is 5.54. The Morgan fingerprint density at radius 1 is 1.21 bits per heavy atom. The Morgan fingerprint density at radius 2 is 1.89 bits per heavy atom. The average Bonchev–Trinajstić information content (AvgIpc) is 3.05. The van der Waals surface area contributed by atoms with Crippen LogP contribution in [-0.2, 0) is 19.4 Å². The van der Waals surface area contributed by atoms with Gasteiger partial charge in [0.15, 0.2) is 0 Å². The van der Waals surface area contributed by atoms with E-state index in [4.69, 9.17) is 5.73 Å². The first-order chi connectivity index (χ1) is 9.23.